The Kier molecular flexibility index (Phi) is 3.64. The first-order chi connectivity index (χ1) is 8.16. The van der Waals surface area contributed by atoms with Crippen molar-refractivity contribution in [1.29, 1.82) is 0 Å². The summed E-state index contributed by atoms with van der Waals surface area (Å²) >= 11 is 0. The van der Waals surface area contributed by atoms with Crippen LogP contribution in [0, 0.1) is 12.8 Å². The third-order valence-corrected chi connectivity index (χ3v) is 3.00. The van der Waals surface area contributed by atoms with Crippen LogP contribution in [0.15, 0.2) is 18.2 Å². The molecule has 0 aromatic heterocycles. The van der Waals surface area contributed by atoms with Gasteiger partial charge in [-0.25, -0.2) is 0 Å². The fourth-order valence-electron chi connectivity index (χ4n) is 1.97. The second-order valence-electron chi connectivity index (χ2n) is 4.40. The first kappa shape index (κ1) is 11.9. The molecule has 1 amide bonds. The summed E-state index contributed by atoms with van der Waals surface area (Å²) in [6.07, 6.45) is 1.82. The quantitative estimate of drug-likeness (QED) is 0.771. The molecule has 1 aliphatic rings. The van der Waals surface area contributed by atoms with Crippen LogP contribution in [0.5, 0.6) is 5.75 Å². The third kappa shape index (κ3) is 2.97. The molecule has 92 valence electrons. The third-order valence-electron chi connectivity index (χ3n) is 3.00. The first-order valence-corrected chi connectivity index (χ1v) is 5.85. The Balaban J connectivity index is 2.02. The molecule has 0 radical (unpaired) electrons. The molecule has 4 nitrogen and oxygen atoms in total. The van der Waals surface area contributed by atoms with Crippen molar-refractivity contribution in [2.24, 2.45) is 5.92 Å². The van der Waals surface area contributed by atoms with Crippen LogP contribution in [0.3, 0.4) is 0 Å². The van der Waals surface area contributed by atoms with E-state index in [0.717, 1.165) is 30.7 Å². The Bertz CT molecular complexity index is 411. The number of rotatable bonds is 2. The highest BCUT2D eigenvalue weighted by Gasteiger charge is 2.22. The van der Waals surface area contributed by atoms with Crippen molar-refractivity contribution in [2.45, 2.75) is 19.8 Å². The molecule has 1 aromatic carbocycles. The number of aromatic hydroxyl groups is 1. The number of carbonyl (C=O) groups is 1. The summed E-state index contributed by atoms with van der Waals surface area (Å²) in [6, 6.07) is 4.92. The Morgan fingerprint density at radius 2 is 2.35 bits per heavy atom. The van der Waals surface area contributed by atoms with Gasteiger partial charge in [-0.3, -0.25) is 4.79 Å². The highest BCUT2D eigenvalue weighted by Crippen LogP contribution is 2.22. The first-order valence-electron chi connectivity index (χ1n) is 5.85. The van der Waals surface area contributed by atoms with E-state index in [1.165, 1.54) is 0 Å². The van der Waals surface area contributed by atoms with Crippen molar-refractivity contribution in [1.82, 2.24) is 0 Å². The number of benzene rings is 1. The van der Waals surface area contributed by atoms with E-state index in [-0.39, 0.29) is 17.6 Å². The van der Waals surface area contributed by atoms with Crippen molar-refractivity contribution >= 4 is 11.6 Å². The van der Waals surface area contributed by atoms with E-state index in [9.17, 15) is 9.90 Å². The predicted molar refractivity (Wildman–Crippen MR) is 65.0 cm³/mol. The summed E-state index contributed by atoms with van der Waals surface area (Å²) in [4.78, 5) is 12.0. The van der Waals surface area contributed by atoms with E-state index in [2.05, 4.69) is 5.32 Å². The van der Waals surface area contributed by atoms with Crippen LogP contribution in [0.1, 0.15) is 18.4 Å². The van der Waals surface area contributed by atoms with E-state index in [1.54, 1.807) is 18.2 Å². The number of ether oxygens (including phenoxy) is 1. The largest absolute Gasteiger partial charge is 0.508 e. The summed E-state index contributed by atoms with van der Waals surface area (Å²) in [5.74, 6) is 0.150. The molecular formula is C13H17NO3. The summed E-state index contributed by atoms with van der Waals surface area (Å²) < 4.78 is 5.29. The minimum absolute atomic E-state index is 0.00140. The number of nitrogens with one attached hydrogen (secondary N) is 1. The molecule has 0 spiro atoms. The number of anilines is 1. The summed E-state index contributed by atoms with van der Waals surface area (Å²) in [5, 5.41) is 12.2. The molecule has 0 saturated carbocycles. The van der Waals surface area contributed by atoms with Crippen LogP contribution < -0.4 is 5.32 Å². The van der Waals surface area contributed by atoms with Gasteiger partial charge in [0.25, 0.3) is 0 Å². The zero-order valence-corrected chi connectivity index (χ0v) is 9.90. The second-order valence-corrected chi connectivity index (χ2v) is 4.40. The Labute approximate surface area is 101 Å². The lowest BCUT2D eigenvalue weighted by Crippen LogP contribution is -2.30. The molecule has 0 bridgehead atoms. The summed E-state index contributed by atoms with van der Waals surface area (Å²) in [5.41, 5.74) is 1.61. The van der Waals surface area contributed by atoms with Crippen molar-refractivity contribution in [3.63, 3.8) is 0 Å². The Morgan fingerprint density at radius 1 is 1.53 bits per heavy atom. The fraction of sp³-hybridized carbons (Fsp3) is 0.462. The number of phenolic OH excluding ortho intramolecular Hbond substituents is 1. The van der Waals surface area contributed by atoms with Crippen LogP contribution in [-0.4, -0.2) is 24.2 Å². The molecule has 4 heteroatoms. The van der Waals surface area contributed by atoms with Gasteiger partial charge < -0.3 is 15.2 Å². The predicted octanol–water partition coefficient (Wildman–Crippen LogP) is 2.07. The van der Waals surface area contributed by atoms with Crippen LogP contribution >= 0.6 is 0 Å². The molecule has 17 heavy (non-hydrogen) atoms. The lowest BCUT2D eigenvalue weighted by molar-refractivity contribution is -0.123. The number of aryl methyl sites for hydroxylation is 1. The van der Waals surface area contributed by atoms with Gasteiger partial charge in [0.15, 0.2) is 0 Å². The molecule has 1 atom stereocenters. The zero-order valence-electron chi connectivity index (χ0n) is 9.90. The standard InChI is InChI=1S/C13H17NO3/c1-9-7-11(15)4-5-12(9)14-13(16)10-3-2-6-17-8-10/h4-5,7,10,15H,2-3,6,8H2,1H3,(H,14,16). The normalized spacial score (nSPS) is 19.9. The van der Waals surface area contributed by atoms with Crippen molar-refractivity contribution < 1.29 is 14.6 Å². The minimum Gasteiger partial charge on any atom is -0.508 e. The van der Waals surface area contributed by atoms with Crippen molar-refractivity contribution in [2.75, 3.05) is 18.5 Å². The van der Waals surface area contributed by atoms with Gasteiger partial charge >= 0.3 is 0 Å². The van der Waals surface area contributed by atoms with Crippen molar-refractivity contribution in [3.05, 3.63) is 23.8 Å². The monoisotopic (exact) mass is 235 g/mol. The average Bonchev–Trinajstić information content (AvgIpc) is 2.34. The van der Waals surface area contributed by atoms with Crippen molar-refractivity contribution in [3.8, 4) is 5.75 Å². The highest BCUT2D eigenvalue weighted by atomic mass is 16.5. The Hall–Kier alpha value is -1.55. The molecule has 1 saturated heterocycles. The number of phenols is 1. The number of hydrogen-bond donors (Lipinski definition) is 2. The van der Waals surface area contributed by atoms with Gasteiger partial charge in [-0.1, -0.05) is 0 Å². The van der Waals surface area contributed by atoms with E-state index in [1.807, 2.05) is 6.92 Å². The number of carbonyl (C=O) groups excluding carboxylic acids is 1. The molecule has 0 aliphatic carbocycles. The van der Waals surface area contributed by atoms with Gasteiger partial charge in [0.2, 0.25) is 5.91 Å². The molecule has 1 unspecified atom stereocenters. The number of amides is 1. The van der Waals surface area contributed by atoms with Crippen LogP contribution in [0.2, 0.25) is 0 Å². The minimum atomic E-state index is -0.0584. The lowest BCUT2D eigenvalue weighted by Gasteiger charge is -2.21. The SMILES string of the molecule is Cc1cc(O)ccc1NC(=O)C1CCCOC1. The van der Waals surface area contributed by atoms with Gasteiger partial charge in [-0.05, 0) is 43.5 Å². The molecule has 2 N–H and O–H groups in total. The van der Waals surface area contributed by atoms with Gasteiger partial charge in [0, 0.05) is 12.3 Å². The van der Waals surface area contributed by atoms with Gasteiger partial charge in [-0.15, -0.1) is 0 Å². The lowest BCUT2D eigenvalue weighted by atomic mass is 10.0. The van der Waals surface area contributed by atoms with Crippen LogP contribution in [0.25, 0.3) is 0 Å². The smallest absolute Gasteiger partial charge is 0.229 e. The Morgan fingerprint density at radius 3 is 3.00 bits per heavy atom. The molecule has 1 fully saturated rings. The van der Waals surface area contributed by atoms with Gasteiger partial charge in [0.05, 0.1) is 12.5 Å². The molecular weight excluding hydrogens is 218 g/mol. The van der Waals surface area contributed by atoms with Gasteiger partial charge in [0.1, 0.15) is 5.75 Å². The van der Waals surface area contributed by atoms with Crippen LogP contribution in [-0.2, 0) is 9.53 Å². The summed E-state index contributed by atoms with van der Waals surface area (Å²) in [6.45, 7) is 3.11. The average molecular weight is 235 g/mol. The second kappa shape index (κ2) is 5.19. The maximum atomic E-state index is 12.0. The fourth-order valence-corrected chi connectivity index (χ4v) is 1.97. The van der Waals surface area contributed by atoms with E-state index in [4.69, 9.17) is 4.74 Å². The number of hydrogen-bond acceptors (Lipinski definition) is 3. The zero-order chi connectivity index (χ0) is 12.3. The topological polar surface area (TPSA) is 58.6 Å². The maximum Gasteiger partial charge on any atom is 0.229 e. The van der Waals surface area contributed by atoms with E-state index >= 15 is 0 Å². The maximum absolute atomic E-state index is 12.0. The van der Waals surface area contributed by atoms with Gasteiger partial charge in [-0.2, -0.15) is 0 Å². The molecule has 1 aliphatic heterocycles. The molecule has 1 aromatic rings. The molecule has 1 heterocycles. The van der Waals surface area contributed by atoms with E-state index < -0.39 is 0 Å². The van der Waals surface area contributed by atoms with Crippen LogP contribution in [0.4, 0.5) is 5.69 Å². The highest BCUT2D eigenvalue weighted by molar-refractivity contribution is 5.93. The summed E-state index contributed by atoms with van der Waals surface area (Å²) in [7, 11) is 0. The van der Waals surface area contributed by atoms with E-state index in [0.29, 0.717) is 6.61 Å². The molecule has 2 rings (SSSR count).